The summed E-state index contributed by atoms with van der Waals surface area (Å²) in [5.41, 5.74) is 0. The number of hydrogen-bond acceptors (Lipinski definition) is 36. The summed E-state index contributed by atoms with van der Waals surface area (Å²) in [6.07, 6.45) is -64.5. The molecule has 0 spiro atoms. The third-order valence-corrected chi connectivity index (χ3v) is 14.4. The first-order valence-corrected chi connectivity index (χ1v) is 24.6. The Balaban J connectivity index is 0.899. The molecule has 36 heteroatoms. The number of hydrogen-bond donors (Lipinski definition) is 23. The highest BCUT2D eigenvalue weighted by molar-refractivity contribution is 4.97. The minimum absolute atomic E-state index is 0.708. The van der Waals surface area contributed by atoms with Crippen LogP contribution in [0.4, 0.5) is 0 Å². The molecule has 456 valence electrons. The van der Waals surface area contributed by atoms with Crippen molar-refractivity contribution in [1.82, 2.24) is 0 Å². The summed E-state index contributed by atoms with van der Waals surface area (Å²) in [7, 11) is 0. The quantitative estimate of drug-likeness (QED) is 0.0571. The van der Waals surface area contributed by atoms with Crippen molar-refractivity contribution in [3.63, 3.8) is 0 Å². The van der Waals surface area contributed by atoms with E-state index < -0.39 is 261 Å². The Labute approximate surface area is 439 Å². The monoisotopic (exact) mass is 1150 g/mol. The lowest BCUT2D eigenvalue weighted by Gasteiger charge is -2.45. The SMILES string of the molecule is OCC1OC(OCC2OC(OCC3OC(OCC4OC(OCC5OC(OCC6OC(OCC7OC(O)C(O)C(O)C7O)C(O)C(O)C6O)C(O)C(O)C5O)C(O)C(O)C4O)C(O)C(O)C3O)C(O)C(O)C2O)C(O)C(O)C1O. The molecule has 36 nitrogen and oxygen atoms in total. The Hall–Kier alpha value is -1.44. The molecule has 35 unspecified atom stereocenters. The second-order valence-corrected chi connectivity index (χ2v) is 19.8. The highest BCUT2D eigenvalue weighted by Gasteiger charge is 2.53. The average molecular weight is 1150 g/mol. The Bertz CT molecular complexity index is 1820. The van der Waals surface area contributed by atoms with Gasteiger partial charge in [-0.15, -0.1) is 0 Å². The van der Waals surface area contributed by atoms with Crippen molar-refractivity contribution in [1.29, 1.82) is 0 Å². The molecule has 0 radical (unpaired) electrons. The van der Waals surface area contributed by atoms with Crippen molar-refractivity contribution in [3.8, 4) is 0 Å². The van der Waals surface area contributed by atoms with Gasteiger partial charge in [-0.05, 0) is 0 Å². The van der Waals surface area contributed by atoms with Crippen LogP contribution in [0.5, 0.6) is 0 Å². The van der Waals surface area contributed by atoms with Crippen LogP contribution in [0.15, 0.2) is 0 Å². The van der Waals surface area contributed by atoms with Gasteiger partial charge < -0.3 is 179 Å². The number of ether oxygens (including phenoxy) is 13. The van der Waals surface area contributed by atoms with Crippen molar-refractivity contribution in [3.05, 3.63) is 0 Å². The molecular weight excluding hydrogens is 1080 g/mol. The van der Waals surface area contributed by atoms with Gasteiger partial charge in [-0.25, -0.2) is 0 Å². The van der Waals surface area contributed by atoms with Crippen LogP contribution in [-0.4, -0.2) is 379 Å². The third kappa shape index (κ3) is 13.9. The van der Waals surface area contributed by atoms with E-state index in [4.69, 9.17) is 61.6 Å². The topological polar surface area (TPSA) is 585 Å². The lowest BCUT2D eigenvalue weighted by atomic mass is 9.97. The largest absolute Gasteiger partial charge is 0.394 e. The van der Waals surface area contributed by atoms with Gasteiger partial charge in [-0.2, -0.15) is 0 Å². The number of aliphatic hydroxyl groups excluding tert-OH is 23. The predicted octanol–water partition coefficient (Wildman–Crippen LogP) is -16.3. The van der Waals surface area contributed by atoms with Crippen LogP contribution in [0.1, 0.15) is 0 Å². The summed E-state index contributed by atoms with van der Waals surface area (Å²) >= 11 is 0. The lowest BCUT2D eigenvalue weighted by Crippen LogP contribution is -2.63. The van der Waals surface area contributed by atoms with E-state index in [1.54, 1.807) is 0 Å². The van der Waals surface area contributed by atoms with Crippen LogP contribution < -0.4 is 0 Å². The second-order valence-electron chi connectivity index (χ2n) is 19.8. The summed E-state index contributed by atoms with van der Waals surface area (Å²) in [5, 5.41) is 240. The van der Waals surface area contributed by atoms with Crippen LogP contribution in [0.25, 0.3) is 0 Å². The Morgan fingerprint density at radius 3 is 0.564 bits per heavy atom. The molecule has 0 aromatic heterocycles. The van der Waals surface area contributed by atoms with Gasteiger partial charge >= 0.3 is 0 Å². The molecule has 7 aliphatic rings. The zero-order valence-corrected chi connectivity index (χ0v) is 40.8. The maximum absolute atomic E-state index is 10.8. The molecule has 0 amide bonds. The van der Waals surface area contributed by atoms with Crippen LogP contribution in [0.2, 0.25) is 0 Å². The second kappa shape index (κ2) is 27.5. The van der Waals surface area contributed by atoms with Gasteiger partial charge in [0.1, 0.15) is 171 Å². The first kappa shape index (κ1) is 64.1. The van der Waals surface area contributed by atoms with Gasteiger partial charge in [0.25, 0.3) is 0 Å². The van der Waals surface area contributed by atoms with Gasteiger partial charge in [0.15, 0.2) is 44.0 Å². The van der Waals surface area contributed by atoms with E-state index in [1.807, 2.05) is 0 Å². The smallest absolute Gasteiger partial charge is 0.186 e. The molecule has 0 aliphatic carbocycles. The predicted molar refractivity (Wildman–Crippen MR) is 232 cm³/mol. The van der Waals surface area contributed by atoms with E-state index in [0.717, 1.165) is 0 Å². The van der Waals surface area contributed by atoms with Crippen LogP contribution in [-0.2, 0) is 61.6 Å². The molecule has 0 bridgehead atoms. The third-order valence-electron chi connectivity index (χ3n) is 14.4. The first-order chi connectivity index (χ1) is 36.8. The summed E-state index contributed by atoms with van der Waals surface area (Å²) < 4.78 is 71.0. The molecule has 0 aromatic rings. The maximum Gasteiger partial charge on any atom is 0.186 e. The number of aliphatic hydroxyl groups is 23. The minimum Gasteiger partial charge on any atom is -0.394 e. The van der Waals surface area contributed by atoms with Gasteiger partial charge in [0, 0.05) is 0 Å². The normalized spacial score (nSPS) is 53.5. The van der Waals surface area contributed by atoms with E-state index in [1.165, 1.54) is 0 Å². The Kier molecular flexibility index (Phi) is 22.6. The molecule has 0 saturated carbocycles. The Morgan fingerprint density at radius 2 is 0.359 bits per heavy atom. The molecule has 7 saturated heterocycles. The maximum atomic E-state index is 10.8. The van der Waals surface area contributed by atoms with Crippen molar-refractivity contribution < 1.29 is 179 Å². The van der Waals surface area contributed by atoms with E-state index in [9.17, 15) is 117 Å². The van der Waals surface area contributed by atoms with Gasteiger partial charge in [0.2, 0.25) is 0 Å². The molecule has 35 atom stereocenters. The minimum atomic E-state index is -2.05. The van der Waals surface area contributed by atoms with E-state index in [0.29, 0.717) is 0 Å². The van der Waals surface area contributed by atoms with E-state index in [2.05, 4.69) is 0 Å². The summed E-state index contributed by atoms with van der Waals surface area (Å²) in [5.74, 6) is 0. The van der Waals surface area contributed by atoms with Crippen LogP contribution in [0.3, 0.4) is 0 Å². The van der Waals surface area contributed by atoms with Crippen molar-refractivity contribution in [2.75, 3.05) is 46.2 Å². The molecule has 0 aromatic carbocycles. The molecule has 7 aliphatic heterocycles. The van der Waals surface area contributed by atoms with Crippen LogP contribution >= 0.6 is 0 Å². The standard InChI is InChI=1S/C42H72O36/c43-1-8-15(44)23(52)30(59)37(73-8)67-3-10-17(46)25(54)32(61)39(75-10)69-5-12-19(48)27(56)34(63)41(77-12)71-7-14-21(50)28(57)35(64)42(78-14)70-6-13-20(49)26(55)33(62)40(76-13)68-4-11-18(47)24(53)31(60)38(74-11)66-2-9-16(45)22(51)29(58)36(65)72-9/h8-65H,1-7H2. The molecule has 7 rings (SSSR count). The highest BCUT2D eigenvalue weighted by atomic mass is 16.8. The van der Waals surface area contributed by atoms with Gasteiger partial charge in [0.05, 0.1) is 46.2 Å². The van der Waals surface area contributed by atoms with E-state index >= 15 is 0 Å². The summed E-state index contributed by atoms with van der Waals surface area (Å²) in [6.45, 7) is -5.47. The van der Waals surface area contributed by atoms with Crippen molar-refractivity contribution >= 4 is 0 Å². The highest BCUT2D eigenvalue weighted by Crippen LogP contribution is 2.32. The fourth-order valence-corrected chi connectivity index (χ4v) is 9.37. The summed E-state index contributed by atoms with van der Waals surface area (Å²) in [4.78, 5) is 0. The van der Waals surface area contributed by atoms with Gasteiger partial charge in [-0.3, -0.25) is 0 Å². The number of rotatable bonds is 19. The average Bonchev–Trinajstić information content (AvgIpc) is 3.44. The summed E-state index contributed by atoms with van der Waals surface area (Å²) in [6, 6.07) is 0. The fourth-order valence-electron chi connectivity index (χ4n) is 9.37. The molecule has 7 heterocycles. The van der Waals surface area contributed by atoms with Gasteiger partial charge in [-0.1, -0.05) is 0 Å². The first-order valence-electron chi connectivity index (χ1n) is 24.6. The Morgan fingerprint density at radius 1 is 0.192 bits per heavy atom. The van der Waals surface area contributed by atoms with Crippen molar-refractivity contribution in [2.24, 2.45) is 0 Å². The zero-order chi connectivity index (χ0) is 57.3. The fraction of sp³-hybridized carbons (Fsp3) is 1.00. The molecule has 7 fully saturated rings. The molecule has 78 heavy (non-hydrogen) atoms. The molecular formula is C42H72O36. The van der Waals surface area contributed by atoms with Crippen molar-refractivity contribution in [2.45, 2.75) is 215 Å². The zero-order valence-electron chi connectivity index (χ0n) is 40.8. The molecule has 23 N–H and O–H groups in total. The van der Waals surface area contributed by atoms with Crippen LogP contribution in [0, 0.1) is 0 Å². The lowest BCUT2D eigenvalue weighted by molar-refractivity contribution is -0.353. The van der Waals surface area contributed by atoms with E-state index in [-0.39, 0.29) is 0 Å².